The van der Waals surface area contributed by atoms with Gasteiger partial charge >= 0.3 is 0 Å². The number of carbonyl (C=O) groups excluding carboxylic acids is 2. The third-order valence-electron chi connectivity index (χ3n) is 2.96. The van der Waals surface area contributed by atoms with Gasteiger partial charge in [0.05, 0.1) is 12.6 Å². The summed E-state index contributed by atoms with van der Waals surface area (Å²) in [5, 5.41) is 5.92. The van der Waals surface area contributed by atoms with E-state index in [-0.39, 0.29) is 24.4 Å². The Kier molecular flexibility index (Phi) is 3.20. The molecule has 0 aliphatic carbocycles. The first-order chi connectivity index (χ1) is 7.27. The van der Waals surface area contributed by atoms with Crippen molar-refractivity contribution in [2.75, 3.05) is 26.2 Å². The van der Waals surface area contributed by atoms with E-state index in [1.54, 1.807) is 4.90 Å². The van der Waals surface area contributed by atoms with Crippen LogP contribution in [-0.2, 0) is 9.59 Å². The molecule has 1 atom stereocenters. The molecular weight excluding hydrogens is 194 g/mol. The fourth-order valence-electron chi connectivity index (χ4n) is 2.11. The summed E-state index contributed by atoms with van der Waals surface area (Å²) in [5.74, 6) is 0.0370. The molecule has 0 radical (unpaired) electrons. The van der Waals surface area contributed by atoms with Gasteiger partial charge in [-0.3, -0.25) is 9.59 Å². The molecule has 1 unspecified atom stereocenters. The zero-order valence-corrected chi connectivity index (χ0v) is 8.79. The number of nitrogens with one attached hydrogen (secondary N) is 2. The minimum Gasteiger partial charge on any atom is -0.353 e. The van der Waals surface area contributed by atoms with E-state index in [4.69, 9.17) is 0 Å². The maximum atomic E-state index is 12.0. The van der Waals surface area contributed by atoms with Gasteiger partial charge in [-0.2, -0.15) is 0 Å². The monoisotopic (exact) mass is 211 g/mol. The molecule has 2 amide bonds. The molecule has 2 N–H and O–H groups in total. The number of nitrogens with zero attached hydrogens (tertiary/aromatic N) is 1. The fourth-order valence-corrected chi connectivity index (χ4v) is 2.11. The van der Waals surface area contributed by atoms with Gasteiger partial charge in [-0.1, -0.05) is 6.42 Å². The molecule has 2 aliphatic heterocycles. The number of piperidine rings is 1. The molecule has 0 saturated carbocycles. The van der Waals surface area contributed by atoms with E-state index in [0.717, 1.165) is 25.8 Å². The average Bonchev–Trinajstić information content (AvgIpc) is 2.29. The summed E-state index contributed by atoms with van der Waals surface area (Å²) in [4.78, 5) is 24.8. The standard InChI is InChI=1S/C10H17N3O2/c14-9-7-13(6-5-12-9)10(15)8-3-1-2-4-11-8/h8,11H,1-7H2,(H,12,14). The summed E-state index contributed by atoms with van der Waals surface area (Å²) in [6.07, 6.45) is 3.14. The number of carbonyl (C=O) groups is 2. The lowest BCUT2D eigenvalue weighted by Crippen LogP contribution is -2.55. The quantitative estimate of drug-likeness (QED) is 0.590. The number of piperazine rings is 1. The minimum absolute atomic E-state index is 0.0505. The molecule has 0 spiro atoms. The molecule has 0 aromatic rings. The van der Waals surface area contributed by atoms with Crippen molar-refractivity contribution in [1.82, 2.24) is 15.5 Å². The van der Waals surface area contributed by atoms with E-state index in [0.29, 0.717) is 13.1 Å². The minimum atomic E-state index is -0.0651. The van der Waals surface area contributed by atoms with Crippen LogP contribution >= 0.6 is 0 Å². The third-order valence-corrected chi connectivity index (χ3v) is 2.96. The summed E-state index contributed by atoms with van der Waals surface area (Å²) in [6, 6.07) is -0.0651. The predicted molar refractivity (Wildman–Crippen MR) is 55.2 cm³/mol. The lowest BCUT2D eigenvalue weighted by atomic mass is 10.0. The summed E-state index contributed by atoms with van der Waals surface area (Å²) in [5.41, 5.74) is 0. The highest BCUT2D eigenvalue weighted by molar-refractivity contribution is 5.88. The summed E-state index contributed by atoms with van der Waals surface area (Å²) >= 11 is 0. The van der Waals surface area contributed by atoms with Crippen molar-refractivity contribution < 1.29 is 9.59 Å². The highest BCUT2D eigenvalue weighted by Gasteiger charge is 2.28. The highest BCUT2D eigenvalue weighted by Crippen LogP contribution is 2.10. The van der Waals surface area contributed by atoms with Gasteiger partial charge in [0.15, 0.2) is 0 Å². The number of amides is 2. The van der Waals surface area contributed by atoms with Crippen LogP contribution in [0.15, 0.2) is 0 Å². The second-order valence-electron chi connectivity index (χ2n) is 4.11. The Morgan fingerprint density at radius 2 is 2.20 bits per heavy atom. The van der Waals surface area contributed by atoms with Crippen LogP contribution in [0.1, 0.15) is 19.3 Å². The SMILES string of the molecule is O=C1CN(C(=O)C2CCCCN2)CCN1. The molecule has 2 rings (SSSR count). The first kappa shape index (κ1) is 10.4. The van der Waals surface area contributed by atoms with Crippen LogP contribution in [0.25, 0.3) is 0 Å². The number of hydrogen-bond donors (Lipinski definition) is 2. The van der Waals surface area contributed by atoms with Gasteiger partial charge in [-0.15, -0.1) is 0 Å². The van der Waals surface area contributed by atoms with E-state index >= 15 is 0 Å². The van der Waals surface area contributed by atoms with E-state index in [1.165, 1.54) is 0 Å². The second kappa shape index (κ2) is 4.61. The molecule has 2 saturated heterocycles. The Morgan fingerprint density at radius 1 is 1.33 bits per heavy atom. The summed E-state index contributed by atoms with van der Waals surface area (Å²) in [6.45, 7) is 2.35. The van der Waals surface area contributed by atoms with Crippen molar-refractivity contribution in [3.63, 3.8) is 0 Å². The molecule has 0 aromatic heterocycles. The maximum absolute atomic E-state index is 12.0. The Balaban J connectivity index is 1.90. The molecule has 5 nitrogen and oxygen atoms in total. The van der Waals surface area contributed by atoms with Gasteiger partial charge in [-0.05, 0) is 19.4 Å². The maximum Gasteiger partial charge on any atom is 0.240 e. The Morgan fingerprint density at radius 3 is 2.87 bits per heavy atom. The van der Waals surface area contributed by atoms with Crippen LogP contribution in [-0.4, -0.2) is 48.9 Å². The van der Waals surface area contributed by atoms with Gasteiger partial charge < -0.3 is 15.5 Å². The lowest BCUT2D eigenvalue weighted by Gasteiger charge is -2.32. The van der Waals surface area contributed by atoms with E-state index in [9.17, 15) is 9.59 Å². The molecule has 0 bridgehead atoms. The van der Waals surface area contributed by atoms with Crippen LogP contribution in [0.3, 0.4) is 0 Å². The molecule has 2 fully saturated rings. The first-order valence-corrected chi connectivity index (χ1v) is 5.56. The van der Waals surface area contributed by atoms with Crippen LogP contribution in [0, 0.1) is 0 Å². The van der Waals surface area contributed by atoms with Gasteiger partial charge in [-0.25, -0.2) is 0 Å². The van der Waals surface area contributed by atoms with Crippen LogP contribution < -0.4 is 10.6 Å². The molecular formula is C10H17N3O2. The lowest BCUT2D eigenvalue weighted by molar-refractivity contribution is -0.140. The van der Waals surface area contributed by atoms with E-state index in [1.807, 2.05) is 0 Å². The number of rotatable bonds is 1. The molecule has 0 aromatic carbocycles. The zero-order chi connectivity index (χ0) is 10.7. The van der Waals surface area contributed by atoms with E-state index in [2.05, 4.69) is 10.6 Å². The van der Waals surface area contributed by atoms with Crippen molar-refractivity contribution >= 4 is 11.8 Å². The second-order valence-corrected chi connectivity index (χ2v) is 4.11. The Bertz CT molecular complexity index is 261. The molecule has 5 heteroatoms. The van der Waals surface area contributed by atoms with E-state index < -0.39 is 0 Å². The van der Waals surface area contributed by atoms with Gasteiger partial charge in [0.25, 0.3) is 0 Å². The largest absolute Gasteiger partial charge is 0.353 e. The smallest absolute Gasteiger partial charge is 0.240 e. The normalized spacial score (nSPS) is 27.3. The average molecular weight is 211 g/mol. The topological polar surface area (TPSA) is 61.4 Å². The highest BCUT2D eigenvalue weighted by atomic mass is 16.2. The van der Waals surface area contributed by atoms with Crippen molar-refractivity contribution in [3.05, 3.63) is 0 Å². The molecule has 2 aliphatic rings. The van der Waals surface area contributed by atoms with Crippen molar-refractivity contribution in [1.29, 1.82) is 0 Å². The summed E-state index contributed by atoms with van der Waals surface area (Å²) in [7, 11) is 0. The van der Waals surface area contributed by atoms with Crippen LogP contribution in [0.4, 0.5) is 0 Å². The Hall–Kier alpha value is -1.10. The molecule has 84 valence electrons. The first-order valence-electron chi connectivity index (χ1n) is 5.56. The summed E-state index contributed by atoms with van der Waals surface area (Å²) < 4.78 is 0. The van der Waals surface area contributed by atoms with Crippen molar-refractivity contribution in [2.24, 2.45) is 0 Å². The van der Waals surface area contributed by atoms with Gasteiger partial charge in [0, 0.05) is 13.1 Å². The third kappa shape index (κ3) is 2.47. The van der Waals surface area contributed by atoms with Gasteiger partial charge in [0.1, 0.15) is 0 Å². The van der Waals surface area contributed by atoms with Crippen LogP contribution in [0.5, 0.6) is 0 Å². The van der Waals surface area contributed by atoms with Crippen molar-refractivity contribution in [2.45, 2.75) is 25.3 Å². The van der Waals surface area contributed by atoms with Gasteiger partial charge in [0.2, 0.25) is 11.8 Å². The predicted octanol–water partition coefficient (Wildman–Crippen LogP) is -0.913. The molecule has 15 heavy (non-hydrogen) atoms. The van der Waals surface area contributed by atoms with Crippen molar-refractivity contribution in [3.8, 4) is 0 Å². The zero-order valence-electron chi connectivity index (χ0n) is 8.79. The molecule has 2 heterocycles. The van der Waals surface area contributed by atoms with Crippen LogP contribution in [0.2, 0.25) is 0 Å². The Labute approximate surface area is 89.2 Å². The number of hydrogen-bond acceptors (Lipinski definition) is 3. The fraction of sp³-hybridized carbons (Fsp3) is 0.800.